The third-order valence-corrected chi connectivity index (χ3v) is 7.93. The van der Waals surface area contributed by atoms with E-state index in [4.69, 9.17) is 11.5 Å². The van der Waals surface area contributed by atoms with E-state index in [9.17, 15) is 14.4 Å². The topological polar surface area (TPSA) is 139 Å². The van der Waals surface area contributed by atoms with Gasteiger partial charge in [0.2, 0.25) is 11.8 Å². The molecule has 0 aliphatic carbocycles. The van der Waals surface area contributed by atoms with Gasteiger partial charge in [-0.05, 0) is 53.3 Å². The molecule has 0 fully saturated rings. The number of hydrogen-bond donors (Lipinski definition) is 5. The highest BCUT2D eigenvalue weighted by Gasteiger charge is 2.22. The van der Waals surface area contributed by atoms with Crippen LogP contribution in [0.2, 0.25) is 0 Å². The molecule has 0 radical (unpaired) electrons. The van der Waals surface area contributed by atoms with Gasteiger partial charge in [0.1, 0.15) is 0 Å². The minimum atomic E-state index is -0.869. The van der Waals surface area contributed by atoms with Crippen LogP contribution in [0.25, 0.3) is 0 Å². The van der Waals surface area contributed by atoms with Crippen LogP contribution in [0, 0.1) is 0 Å². The maximum Gasteiger partial charge on any atom is 0.253 e. The molecule has 5 aromatic rings. The summed E-state index contributed by atoms with van der Waals surface area (Å²) in [6, 6.07) is 42.0. The molecule has 0 saturated heterocycles. The molecule has 0 spiro atoms. The van der Waals surface area contributed by atoms with Crippen LogP contribution in [0.1, 0.15) is 38.5 Å². The summed E-state index contributed by atoms with van der Waals surface area (Å²) in [5.41, 5.74) is 17.3. The molecule has 5 aromatic carbocycles. The lowest BCUT2D eigenvalue weighted by Crippen LogP contribution is -2.38. The lowest BCUT2D eigenvalue weighted by molar-refractivity contribution is -0.118. The van der Waals surface area contributed by atoms with Crippen molar-refractivity contribution in [2.45, 2.75) is 30.8 Å². The van der Waals surface area contributed by atoms with Crippen LogP contribution in [0.15, 0.2) is 140 Å². The fraction of sp³-hybridized carbons (Fsp3) is 0.154. The molecule has 47 heavy (non-hydrogen) atoms. The number of hydrogen-bond acceptors (Lipinski definition) is 5. The quantitative estimate of drug-likeness (QED) is 0.121. The van der Waals surface area contributed by atoms with Gasteiger partial charge in [-0.3, -0.25) is 14.4 Å². The van der Waals surface area contributed by atoms with E-state index in [1.165, 1.54) is 0 Å². The van der Waals surface area contributed by atoms with E-state index in [0.717, 1.165) is 22.3 Å². The molecule has 0 unspecified atom stereocenters. The Labute approximate surface area is 275 Å². The van der Waals surface area contributed by atoms with E-state index in [1.807, 2.05) is 121 Å². The molecular weight excluding hydrogens is 586 g/mol. The number of nitrogens with two attached hydrogens (primary N) is 2. The van der Waals surface area contributed by atoms with Crippen LogP contribution < -0.4 is 27.4 Å². The Bertz CT molecular complexity index is 1730. The smallest absolute Gasteiger partial charge is 0.253 e. The summed E-state index contributed by atoms with van der Waals surface area (Å²) in [7, 11) is 0. The Balaban J connectivity index is 1.36. The second-order valence-corrected chi connectivity index (χ2v) is 11.4. The molecule has 8 nitrogen and oxygen atoms in total. The summed E-state index contributed by atoms with van der Waals surface area (Å²) < 4.78 is 0. The van der Waals surface area contributed by atoms with Crippen molar-refractivity contribution in [3.63, 3.8) is 0 Å². The predicted molar refractivity (Wildman–Crippen MR) is 187 cm³/mol. The van der Waals surface area contributed by atoms with Gasteiger partial charge in [0, 0.05) is 18.2 Å². The van der Waals surface area contributed by atoms with E-state index >= 15 is 0 Å². The standard InChI is InChI=1S/C39H39N5O3/c40-34(23-27-13-5-1-6-14-27)38(46)43-31-21-22-32(36(25-31)44-39(47)35(41)24-28-15-7-2-8-16-28)37(45)42-26-33(29-17-9-3-10-18-29)30-19-11-4-12-20-30/h1-22,25,33-35H,23-24,26,40-41H2,(H,42,45)(H,43,46)(H,44,47)/t34-,35-/m0/s1. The Kier molecular flexibility index (Phi) is 11.3. The second kappa shape index (κ2) is 16.1. The number of rotatable bonds is 13. The van der Waals surface area contributed by atoms with Crippen molar-refractivity contribution in [1.82, 2.24) is 5.32 Å². The lowest BCUT2D eigenvalue weighted by Gasteiger charge is -2.20. The highest BCUT2D eigenvalue weighted by Crippen LogP contribution is 2.26. The van der Waals surface area contributed by atoms with Gasteiger partial charge in [0.15, 0.2) is 0 Å². The third kappa shape index (κ3) is 9.23. The van der Waals surface area contributed by atoms with E-state index in [0.29, 0.717) is 25.1 Å². The lowest BCUT2D eigenvalue weighted by atomic mass is 9.91. The van der Waals surface area contributed by atoms with Crippen molar-refractivity contribution < 1.29 is 14.4 Å². The molecule has 5 rings (SSSR count). The number of anilines is 2. The first-order valence-corrected chi connectivity index (χ1v) is 15.6. The summed E-state index contributed by atoms with van der Waals surface area (Å²) in [5, 5.41) is 8.72. The van der Waals surface area contributed by atoms with Crippen LogP contribution in [0.5, 0.6) is 0 Å². The normalized spacial score (nSPS) is 12.1. The van der Waals surface area contributed by atoms with Crippen LogP contribution in [-0.2, 0) is 22.4 Å². The van der Waals surface area contributed by atoms with E-state index in [1.54, 1.807) is 18.2 Å². The first kappa shape index (κ1) is 32.8. The maximum atomic E-state index is 13.7. The molecule has 0 aromatic heterocycles. The van der Waals surface area contributed by atoms with E-state index < -0.39 is 23.9 Å². The molecule has 0 heterocycles. The first-order valence-electron chi connectivity index (χ1n) is 15.6. The largest absolute Gasteiger partial charge is 0.351 e. The Morgan fingerprint density at radius 1 is 0.553 bits per heavy atom. The van der Waals surface area contributed by atoms with Gasteiger partial charge in [-0.15, -0.1) is 0 Å². The molecule has 2 atom stereocenters. The van der Waals surface area contributed by atoms with Crippen molar-refractivity contribution >= 4 is 29.1 Å². The van der Waals surface area contributed by atoms with Crippen molar-refractivity contribution in [3.8, 4) is 0 Å². The van der Waals surface area contributed by atoms with Crippen molar-refractivity contribution in [3.05, 3.63) is 167 Å². The zero-order valence-electron chi connectivity index (χ0n) is 26.0. The Morgan fingerprint density at radius 3 is 1.49 bits per heavy atom. The summed E-state index contributed by atoms with van der Waals surface area (Å²) in [6.45, 7) is 0.320. The van der Waals surface area contributed by atoms with Gasteiger partial charge in [0.05, 0.1) is 23.3 Å². The molecule has 0 saturated carbocycles. The number of carbonyl (C=O) groups excluding carboxylic acids is 3. The number of benzene rings is 5. The third-order valence-electron chi connectivity index (χ3n) is 7.93. The van der Waals surface area contributed by atoms with Crippen molar-refractivity contribution in [2.75, 3.05) is 17.2 Å². The number of amides is 3. The van der Waals surface area contributed by atoms with Gasteiger partial charge in [-0.1, -0.05) is 121 Å². The Morgan fingerprint density at radius 2 is 1.00 bits per heavy atom. The van der Waals surface area contributed by atoms with Crippen LogP contribution in [0.4, 0.5) is 11.4 Å². The molecule has 8 heteroatoms. The first-order chi connectivity index (χ1) is 22.9. The number of nitrogens with one attached hydrogen (secondary N) is 3. The van der Waals surface area contributed by atoms with Crippen LogP contribution >= 0.6 is 0 Å². The fourth-order valence-corrected chi connectivity index (χ4v) is 5.39. The summed E-state index contributed by atoms with van der Waals surface area (Å²) >= 11 is 0. The highest BCUT2D eigenvalue weighted by molar-refractivity contribution is 6.06. The van der Waals surface area contributed by atoms with Gasteiger partial charge >= 0.3 is 0 Å². The van der Waals surface area contributed by atoms with E-state index in [2.05, 4.69) is 16.0 Å². The minimum absolute atomic E-state index is 0.0941. The summed E-state index contributed by atoms with van der Waals surface area (Å²) in [5.74, 6) is -1.33. The van der Waals surface area contributed by atoms with Crippen LogP contribution in [0.3, 0.4) is 0 Å². The summed E-state index contributed by atoms with van der Waals surface area (Å²) in [4.78, 5) is 40.0. The highest BCUT2D eigenvalue weighted by atomic mass is 16.2. The SMILES string of the molecule is N[C@@H](Cc1ccccc1)C(=O)Nc1ccc(C(=O)NCC(c2ccccc2)c2ccccc2)c(NC(=O)[C@@H](N)Cc2ccccc2)c1. The Hall–Kier alpha value is -5.57. The van der Waals surface area contributed by atoms with Crippen molar-refractivity contribution in [2.24, 2.45) is 11.5 Å². The van der Waals surface area contributed by atoms with Crippen molar-refractivity contribution in [1.29, 1.82) is 0 Å². The fourth-order valence-electron chi connectivity index (χ4n) is 5.39. The minimum Gasteiger partial charge on any atom is -0.351 e. The molecule has 3 amide bonds. The zero-order valence-corrected chi connectivity index (χ0v) is 26.0. The second-order valence-electron chi connectivity index (χ2n) is 11.4. The molecular formula is C39H39N5O3. The molecule has 0 bridgehead atoms. The average molecular weight is 626 g/mol. The summed E-state index contributed by atoms with van der Waals surface area (Å²) in [6.07, 6.45) is 0.671. The molecule has 0 aliphatic rings. The number of carbonyl (C=O) groups is 3. The predicted octanol–water partition coefficient (Wildman–Crippen LogP) is 5.27. The van der Waals surface area contributed by atoms with E-state index in [-0.39, 0.29) is 23.1 Å². The van der Waals surface area contributed by atoms with Gasteiger partial charge in [-0.2, -0.15) is 0 Å². The maximum absolute atomic E-state index is 13.7. The zero-order chi connectivity index (χ0) is 33.0. The van der Waals surface area contributed by atoms with Gasteiger partial charge in [0.25, 0.3) is 5.91 Å². The molecule has 0 aliphatic heterocycles. The average Bonchev–Trinajstić information content (AvgIpc) is 3.10. The van der Waals surface area contributed by atoms with Gasteiger partial charge in [-0.25, -0.2) is 0 Å². The monoisotopic (exact) mass is 625 g/mol. The van der Waals surface area contributed by atoms with Crippen LogP contribution in [-0.4, -0.2) is 36.3 Å². The molecule has 238 valence electrons. The molecule has 7 N–H and O–H groups in total. The van der Waals surface area contributed by atoms with Gasteiger partial charge < -0.3 is 27.4 Å².